The molecule has 0 bridgehead atoms. The van der Waals surface area contributed by atoms with Crippen LogP contribution in [-0.2, 0) is 10.0 Å². The molecule has 1 aliphatic heterocycles. The maximum atomic E-state index is 12.2. The van der Waals surface area contributed by atoms with Gasteiger partial charge in [-0.2, -0.15) is 9.57 Å². The summed E-state index contributed by atoms with van der Waals surface area (Å²) >= 11 is 0. The number of rotatable bonds is 7. The molecule has 0 saturated carbocycles. The zero-order valence-electron chi connectivity index (χ0n) is 13.4. The van der Waals surface area contributed by atoms with E-state index in [4.69, 9.17) is 14.7 Å². The van der Waals surface area contributed by atoms with Gasteiger partial charge in [0.1, 0.15) is 18.5 Å². The van der Waals surface area contributed by atoms with Crippen LogP contribution >= 0.6 is 0 Å². The number of sulfonamides is 1. The van der Waals surface area contributed by atoms with Gasteiger partial charge in [-0.1, -0.05) is 18.2 Å². The molecule has 2 aromatic rings. The van der Waals surface area contributed by atoms with Crippen molar-refractivity contribution in [1.82, 2.24) is 9.29 Å². The number of ether oxygens (including phenoxy) is 2. The maximum absolute atomic E-state index is 12.2. The van der Waals surface area contributed by atoms with E-state index in [0.717, 1.165) is 0 Å². The Balaban J connectivity index is 1.45. The molecule has 0 amide bonds. The number of aromatic nitrogens is 1. The van der Waals surface area contributed by atoms with Gasteiger partial charge in [0.2, 0.25) is 15.9 Å². The Hall–Kier alpha value is -2.63. The molecule has 0 spiro atoms. The van der Waals surface area contributed by atoms with Crippen LogP contribution in [-0.4, -0.2) is 49.3 Å². The van der Waals surface area contributed by atoms with Crippen LogP contribution in [0.4, 0.5) is 0 Å². The third kappa shape index (κ3) is 4.47. The first kappa shape index (κ1) is 17.2. The average molecular weight is 359 g/mol. The van der Waals surface area contributed by atoms with Gasteiger partial charge in [-0.25, -0.2) is 13.4 Å². The monoisotopic (exact) mass is 359 g/mol. The maximum Gasteiger partial charge on any atom is 0.217 e. The molecule has 1 fully saturated rings. The largest absolute Gasteiger partial charge is 0.492 e. The van der Waals surface area contributed by atoms with E-state index in [-0.39, 0.29) is 31.6 Å². The zero-order chi connectivity index (χ0) is 17.7. The molecule has 8 heteroatoms. The fourth-order valence-corrected chi connectivity index (χ4v) is 3.67. The van der Waals surface area contributed by atoms with Gasteiger partial charge in [0, 0.05) is 12.3 Å². The van der Waals surface area contributed by atoms with E-state index in [2.05, 4.69) is 4.98 Å². The molecule has 0 N–H and O–H groups in total. The van der Waals surface area contributed by atoms with Crippen molar-refractivity contribution in [3.05, 3.63) is 54.2 Å². The lowest BCUT2D eigenvalue weighted by Crippen LogP contribution is -2.56. The van der Waals surface area contributed by atoms with Gasteiger partial charge in [-0.15, -0.1) is 0 Å². The van der Waals surface area contributed by atoms with Gasteiger partial charge in [0.15, 0.2) is 0 Å². The van der Waals surface area contributed by atoms with Crippen molar-refractivity contribution in [3.8, 4) is 17.7 Å². The molecule has 0 atom stereocenters. The van der Waals surface area contributed by atoms with E-state index in [1.807, 2.05) is 24.3 Å². The number of hydrogen-bond donors (Lipinski definition) is 0. The van der Waals surface area contributed by atoms with Crippen molar-refractivity contribution in [3.63, 3.8) is 0 Å². The minimum Gasteiger partial charge on any atom is -0.492 e. The Morgan fingerprint density at radius 2 is 2.00 bits per heavy atom. The number of hydrogen-bond acceptors (Lipinski definition) is 6. The van der Waals surface area contributed by atoms with Crippen LogP contribution in [0.25, 0.3) is 0 Å². The van der Waals surface area contributed by atoms with E-state index in [1.165, 1.54) is 16.6 Å². The van der Waals surface area contributed by atoms with E-state index in [9.17, 15) is 8.42 Å². The van der Waals surface area contributed by atoms with Crippen molar-refractivity contribution in [2.24, 2.45) is 0 Å². The van der Waals surface area contributed by atoms with Gasteiger partial charge in [-0.3, -0.25) is 0 Å². The molecule has 130 valence electrons. The lowest BCUT2D eigenvalue weighted by atomic mass is 10.2. The normalized spacial score (nSPS) is 15.2. The Kier molecular flexibility index (Phi) is 5.16. The quantitative estimate of drug-likeness (QED) is 0.742. The molecule has 7 nitrogen and oxygen atoms in total. The summed E-state index contributed by atoms with van der Waals surface area (Å²) in [5.41, 5.74) is 0.451. The van der Waals surface area contributed by atoms with Crippen molar-refractivity contribution in [2.45, 2.75) is 6.10 Å². The fourth-order valence-electron chi connectivity index (χ4n) is 2.33. The number of benzene rings is 1. The molecule has 0 aliphatic carbocycles. The van der Waals surface area contributed by atoms with E-state index >= 15 is 0 Å². The van der Waals surface area contributed by atoms with Crippen LogP contribution in [0.15, 0.2) is 48.7 Å². The molecular weight excluding hydrogens is 342 g/mol. The van der Waals surface area contributed by atoms with Crippen LogP contribution in [0.5, 0.6) is 11.6 Å². The highest BCUT2D eigenvalue weighted by atomic mass is 32.2. The zero-order valence-corrected chi connectivity index (χ0v) is 14.2. The Morgan fingerprint density at radius 1 is 1.24 bits per heavy atom. The number of nitrogens with zero attached hydrogens (tertiary/aromatic N) is 3. The predicted molar refractivity (Wildman–Crippen MR) is 90.7 cm³/mol. The Bertz CT molecular complexity index is 859. The van der Waals surface area contributed by atoms with Crippen LogP contribution in [0, 0.1) is 11.3 Å². The molecule has 25 heavy (non-hydrogen) atoms. The van der Waals surface area contributed by atoms with Crippen molar-refractivity contribution in [2.75, 3.05) is 25.4 Å². The summed E-state index contributed by atoms with van der Waals surface area (Å²) in [6.07, 6.45) is 1.23. The summed E-state index contributed by atoms with van der Waals surface area (Å²) in [6, 6.07) is 14.2. The van der Waals surface area contributed by atoms with Gasteiger partial charge in [0.05, 0.1) is 30.5 Å². The minimum atomic E-state index is -3.38. The Labute approximate surface area is 146 Å². The highest BCUT2D eigenvalue weighted by Gasteiger charge is 2.37. The standard InChI is InChI=1S/C17H17N3O4S/c18-11-14-6-7-19-17(10-14)24-16-12-20(13-16)25(21,22)9-8-23-15-4-2-1-3-5-15/h1-7,10,16H,8-9,12-13H2. The van der Waals surface area contributed by atoms with Crippen LogP contribution in [0.1, 0.15) is 5.56 Å². The molecule has 3 rings (SSSR count). The van der Waals surface area contributed by atoms with Crippen molar-refractivity contribution in [1.29, 1.82) is 5.26 Å². The third-order valence-electron chi connectivity index (χ3n) is 3.71. The van der Waals surface area contributed by atoms with Crippen LogP contribution in [0.2, 0.25) is 0 Å². The average Bonchev–Trinajstić information content (AvgIpc) is 2.58. The van der Waals surface area contributed by atoms with Gasteiger partial charge in [0.25, 0.3) is 0 Å². The van der Waals surface area contributed by atoms with E-state index < -0.39 is 10.0 Å². The first-order chi connectivity index (χ1) is 12.1. The second-order valence-electron chi connectivity index (χ2n) is 5.53. The lowest BCUT2D eigenvalue weighted by Gasteiger charge is -2.37. The van der Waals surface area contributed by atoms with Crippen LogP contribution < -0.4 is 9.47 Å². The number of para-hydroxylation sites is 1. The second kappa shape index (κ2) is 7.51. The van der Waals surface area contributed by atoms with Crippen LogP contribution in [0.3, 0.4) is 0 Å². The van der Waals surface area contributed by atoms with Crippen molar-refractivity contribution < 1.29 is 17.9 Å². The molecular formula is C17H17N3O4S. The molecule has 2 heterocycles. The lowest BCUT2D eigenvalue weighted by molar-refractivity contribution is 0.0718. The number of nitriles is 1. The SMILES string of the molecule is N#Cc1ccnc(OC2CN(S(=O)(=O)CCOc3ccccc3)C2)c1. The smallest absolute Gasteiger partial charge is 0.217 e. The van der Waals surface area contributed by atoms with Gasteiger partial charge >= 0.3 is 0 Å². The first-order valence-corrected chi connectivity index (χ1v) is 9.36. The molecule has 0 unspecified atom stereocenters. The number of pyridine rings is 1. The fraction of sp³-hybridized carbons (Fsp3) is 0.294. The second-order valence-corrected chi connectivity index (χ2v) is 7.62. The summed E-state index contributed by atoms with van der Waals surface area (Å²) in [4.78, 5) is 4.02. The molecule has 1 aliphatic rings. The minimum absolute atomic E-state index is 0.0865. The summed E-state index contributed by atoms with van der Waals surface area (Å²) in [6.45, 7) is 0.637. The summed E-state index contributed by atoms with van der Waals surface area (Å²) < 4.78 is 36.9. The highest BCUT2D eigenvalue weighted by molar-refractivity contribution is 7.89. The Morgan fingerprint density at radius 3 is 2.72 bits per heavy atom. The van der Waals surface area contributed by atoms with E-state index in [0.29, 0.717) is 17.2 Å². The first-order valence-electron chi connectivity index (χ1n) is 7.75. The van der Waals surface area contributed by atoms with Crippen molar-refractivity contribution >= 4 is 10.0 Å². The third-order valence-corrected chi connectivity index (χ3v) is 5.48. The predicted octanol–water partition coefficient (Wildman–Crippen LogP) is 1.43. The molecule has 1 saturated heterocycles. The molecule has 1 aromatic carbocycles. The summed E-state index contributed by atoms with van der Waals surface area (Å²) in [7, 11) is -3.38. The summed E-state index contributed by atoms with van der Waals surface area (Å²) in [5, 5.41) is 8.85. The molecule has 1 aromatic heterocycles. The molecule has 0 radical (unpaired) electrons. The topological polar surface area (TPSA) is 92.5 Å². The van der Waals surface area contributed by atoms with Gasteiger partial charge < -0.3 is 9.47 Å². The summed E-state index contributed by atoms with van der Waals surface area (Å²) in [5.74, 6) is 0.885. The van der Waals surface area contributed by atoms with E-state index in [1.54, 1.807) is 18.2 Å². The highest BCUT2D eigenvalue weighted by Crippen LogP contribution is 2.20. The van der Waals surface area contributed by atoms with Gasteiger partial charge in [-0.05, 0) is 18.2 Å².